The van der Waals surface area contributed by atoms with Gasteiger partial charge in [-0.1, -0.05) is 13.3 Å². The van der Waals surface area contributed by atoms with Gasteiger partial charge in [0.05, 0.1) is 11.9 Å². The van der Waals surface area contributed by atoms with Crippen molar-refractivity contribution in [2.45, 2.75) is 26.3 Å². The highest BCUT2D eigenvalue weighted by atomic mass is 16.1. The summed E-state index contributed by atoms with van der Waals surface area (Å²) in [7, 11) is 1.90. The minimum absolute atomic E-state index is 0.0465. The molecule has 0 fully saturated rings. The predicted octanol–water partition coefficient (Wildman–Crippen LogP) is 0.438. The number of likely N-dealkylation sites (N-methyl/N-ethyl adjacent to an activating group) is 1. The Morgan fingerprint density at radius 3 is 2.88 bits per heavy atom. The van der Waals surface area contributed by atoms with Crippen molar-refractivity contribution in [1.82, 2.24) is 9.78 Å². The van der Waals surface area contributed by atoms with Crippen molar-refractivity contribution in [2.24, 2.45) is 5.73 Å². The van der Waals surface area contributed by atoms with Crippen LogP contribution in [0.5, 0.6) is 0 Å². The first-order valence-electron chi connectivity index (χ1n) is 5.67. The molecule has 1 rings (SSSR count). The van der Waals surface area contributed by atoms with Gasteiger partial charge in [-0.3, -0.25) is 4.79 Å². The van der Waals surface area contributed by atoms with Crippen LogP contribution < -0.4 is 16.2 Å². The van der Waals surface area contributed by atoms with E-state index in [9.17, 15) is 4.79 Å². The lowest BCUT2D eigenvalue weighted by Gasteiger charge is -2.17. The third kappa shape index (κ3) is 3.34. The summed E-state index contributed by atoms with van der Waals surface area (Å²) >= 11 is 0. The van der Waals surface area contributed by atoms with Gasteiger partial charge in [0.15, 0.2) is 0 Å². The molecular formula is C11H20N4O. The second-order valence-electron chi connectivity index (χ2n) is 3.84. The summed E-state index contributed by atoms with van der Waals surface area (Å²) in [6.07, 6.45) is 3.75. The zero-order valence-electron chi connectivity index (χ0n) is 10.0. The highest BCUT2D eigenvalue weighted by Gasteiger charge is 2.03. The number of hydrogen-bond donors (Lipinski definition) is 1. The number of anilines is 1. The fourth-order valence-electron chi connectivity index (χ4n) is 1.43. The van der Waals surface area contributed by atoms with E-state index in [0.717, 1.165) is 25.1 Å². The van der Waals surface area contributed by atoms with Crippen LogP contribution >= 0.6 is 0 Å². The quantitative estimate of drug-likeness (QED) is 0.761. The largest absolute Gasteiger partial charge is 0.372 e. The Morgan fingerprint density at radius 2 is 2.31 bits per heavy atom. The SMILES string of the molecule is CCCCn1ncc(N(C)CCN)cc1=O. The summed E-state index contributed by atoms with van der Waals surface area (Å²) in [4.78, 5) is 13.6. The van der Waals surface area contributed by atoms with Crippen LogP contribution in [0.1, 0.15) is 19.8 Å². The smallest absolute Gasteiger partial charge is 0.268 e. The molecule has 0 atom stereocenters. The van der Waals surface area contributed by atoms with Crippen molar-refractivity contribution in [3.05, 3.63) is 22.6 Å². The van der Waals surface area contributed by atoms with Crippen LogP contribution in [0.25, 0.3) is 0 Å². The number of hydrogen-bond acceptors (Lipinski definition) is 4. The normalized spacial score (nSPS) is 10.4. The Hall–Kier alpha value is -1.36. The van der Waals surface area contributed by atoms with Crippen molar-refractivity contribution < 1.29 is 0 Å². The molecule has 0 saturated carbocycles. The molecule has 0 aliphatic carbocycles. The minimum atomic E-state index is -0.0465. The summed E-state index contributed by atoms with van der Waals surface area (Å²) in [5.74, 6) is 0. The molecule has 16 heavy (non-hydrogen) atoms. The average Bonchev–Trinajstić information content (AvgIpc) is 2.27. The topological polar surface area (TPSA) is 64.2 Å². The number of unbranched alkanes of at least 4 members (excludes halogenated alkanes) is 1. The van der Waals surface area contributed by atoms with Gasteiger partial charge in [0, 0.05) is 32.7 Å². The highest BCUT2D eigenvalue weighted by Crippen LogP contribution is 2.05. The Kier molecular flexibility index (Phi) is 4.98. The highest BCUT2D eigenvalue weighted by molar-refractivity contribution is 5.41. The summed E-state index contributed by atoms with van der Waals surface area (Å²) in [6.45, 7) is 4.07. The van der Waals surface area contributed by atoms with Crippen molar-refractivity contribution >= 4 is 5.69 Å². The molecule has 1 aromatic heterocycles. The molecule has 0 aliphatic heterocycles. The van der Waals surface area contributed by atoms with E-state index in [-0.39, 0.29) is 5.56 Å². The number of nitrogens with two attached hydrogens (primary N) is 1. The van der Waals surface area contributed by atoms with E-state index < -0.39 is 0 Å². The predicted molar refractivity (Wildman–Crippen MR) is 65.7 cm³/mol. The number of aryl methyl sites for hydroxylation is 1. The molecule has 90 valence electrons. The monoisotopic (exact) mass is 224 g/mol. The van der Waals surface area contributed by atoms with Crippen molar-refractivity contribution in [2.75, 3.05) is 25.0 Å². The van der Waals surface area contributed by atoms with Gasteiger partial charge >= 0.3 is 0 Å². The standard InChI is InChI=1S/C11H20N4O/c1-3-4-6-15-11(16)8-10(9-13-15)14(2)7-5-12/h8-9H,3-7,12H2,1-2H3. The van der Waals surface area contributed by atoms with E-state index in [4.69, 9.17) is 5.73 Å². The van der Waals surface area contributed by atoms with Gasteiger partial charge in [0.25, 0.3) is 5.56 Å². The van der Waals surface area contributed by atoms with Crippen LogP contribution in [0, 0.1) is 0 Å². The molecule has 0 amide bonds. The van der Waals surface area contributed by atoms with Gasteiger partial charge in [-0.25, -0.2) is 4.68 Å². The molecule has 0 spiro atoms. The summed E-state index contributed by atoms with van der Waals surface area (Å²) in [5, 5.41) is 4.14. The van der Waals surface area contributed by atoms with E-state index in [1.807, 2.05) is 11.9 Å². The fraction of sp³-hybridized carbons (Fsp3) is 0.636. The van der Waals surface area contributed by atoms with Gasteiger partial charge < -0.3 is 10.6 Å². The third-order valence-corrected chi connectivity index (χ3v) is 2.48. The van der Waals surface area contributed by atoms with Gasteiger partial charge in [-0.2, -0.15) is 5.10 Å². The Bertz CT molecular complexity index is 374. The molecular weight excluding hydrogens is 204 g/mol. The zero-order chi connectivity index (χ0) is 12.0. The van der Waals surface area contributed by atoms with E-state index in [1.165, 1.54) is 4.68 Å². The van der Waals surface area contributed by atoms with Crippen LogP contribution in [0.4, 0.5) is 5.69 Å². The Balaban J connectivity index is 2.78. The molecule has 0 aliphatic rings. The summed E-state index contributed by atoms with van der Waals surface area (Å²) in [5.41, 5.74) is 6.23. The summed E-state index contributed by atoms with van der Waals surface area (Å²) < 4.78 is 1.50. The number of aromatic nitrogens is 2. The first kappa shape index (κ1) is 12.7. The van der Waals surface area contributed by atoms with E-state index in [1.54, 1.807) is 12.3 Å². The maximum Gasteiger partial charge on any atom is 0.268 e. The third-order valence-electron chi connectivity index (χ3n) is 2.48. The van der Waals surface area contributed by atoms with Crippen LogP contribution in [0.2, 0.25) is 0 Å². The molecule has 1 heterocycles. The van der Waals surface area contributed by atoms with Crippen LogP contribution in [-0.2, 0) is 6.54 Å². The molecule has 0 saturated heterocycles. The Labute approximate surface area is 95.9 Å². The van der Waals surface area contributed by atoms with Crippen molar-refractivity contribution in [3.8, 4) is 0 Å². The minimum Gasteiger partial charge on any atom is -0.372 e. The van der Waals surface area contributed by atoms with Crippen LogP contribution in [0.3, 0.4) is 0 Å². The molecule has 1 aromatic rings. The molecule has 0 aromatic carbocycles. The van der Waals surface area contributed by atoms with E-state index in [0.29, 0.717) is 13.1 Å². The van der Waals surface area contributed by atoms with E-state index >= 15 is 0 Å². The van der Waals surface area contributed by atoms with Crippen molar-refractivity contribution in [1.29, 1.82) is 0 Å². The maximum absolute atomic E-state index is 11.7. The van der Waals surface area contributed by atoms with E-state index in [2.05, 4.69) is 12.0 Å². The lowest BCUT2D eigenvalue weighted by molar-refractivity contribution is 0.542. The van der Waals surface area contributed by atoms with Gasteiger partial charge in [-0.05, 0) is 6.42 Å². The number of nitrogens with zero attached hydrogens (tertiary/aromatic N) is 3. The van der Waals surface area contributed by atoms with Gasteiger partial charge in [0.2, 0.25) is 0 Å². The lowest BCUT2D eigenvalue weighted by atomic mass is 10.3. The zero-order valence-corrected chi connectivity index (χ0v) is 10.0. The second-order valence-corrected chi connectivity index (χ2v) is 3.84. The molecule has 0 radical (unpaired) electrons. The molecule has 5 heteroatoms. The average molecular weight is 224 g/mol. The molecule has 5 nitrogen and oxygen atoms in total. The molecule has 0 bridgehead atoms. The fourth-order valence-corrected chi connectivity index (χ4v) is 1.43. The first-order valence-corrected chi connectivity index (χ1v) is 5.67. The number of rotatable bonds is 6. The first-order chi connectivity index (χ1) is 7.69. The van der Waals surface area contributed by atoms with Crippen molar-refractivity contribution in [3.63, 3.8) is 0 Å². The molecule has 2 N–H and O–H groups in total. The lowest BCUT2D eigenvalue weighted by Crippen LogP contribution is -2.28. The molecule has 0 unspecified atom stereocenters. The van der Waals surface area contributed by atoms with Gasteiger partial charge in [-0.15, -0.1) is 0 Å². The Morgan fingerprint density at radius 1 is 1.56 bits per heavy atom. The van der Waals surface area contributed by atoms with Crippen LogP contribution in [-0.4, -0.2) is 29.9 Å². The maximum atomic E-state index is 11.7. The van der Waals surface area contributed by atoms with Gasteiger partial charge in [0.1, 0.15) is 0 Å². The summed E-state index contributed by atoms with van der Waals surface area (Å²) in [6, 6.07) is 1.61. The van der Waals surface area contributed by atoms with Crippen LogP contribution in [0.15, 0.2) is 17.1 Å². The second kappa shape index (κ2) is 6.27.